The summed E-state index contributed by atoms with van der Waals surface area (Å²) in [6.07, 6.45) is 10.0. The molecule has 0 radical (unpaired) electrons. The zero-order valence-corrected chi connectivity index (χ0v) is 7.59. The second-order valence-corrected chi connectivity index (χ2v) is 3.02. The first-order valence-corrected chi connectivity index (χ1v) is 4.49. The van der Waals surface area contributed by atoms with Crippen molar-refractivity contribution >= 4 is 6.21 Å². The van der Waals surface area contributed by atoms with E-state index in [4.69, 9.17) is 5.41 Å². The summed E-state index contributed by atoms with van der Waals surface area (Å²) in [6.45, 7) is 4.30. The van der Waals surface area contributed by atoms with Crippen molar-refractivity contribution in [1.82, 2.24) is 4.90 Å². The molecule has 0 spiro atoms. The number of allylic oxidation sites excluding steroid dienone is 2. The minimum absolute atomic E-state index is 0.997. The topological polar surface area (TPSA) is 27.1 Å². The van der Waals surface area contributed by atoms with Crippen LogP contribution < -0.4 is 0 Å². The molecule has 0 aliphatic carbocycles. The molecular weight excluding hydrogens is 148 g/mol. The fourth-order valence-corrected chi connectivity index (χ4v) is 1.23. The molecule has 66 valence electrons. The van der Waals surface area contributed by atoms with Crippen LogP contribution in [0, 0.1) is 5.41 Å². The molecule has 0 saturated heterocycles. The Morgan fingerprint density at radius 3 is 3.17 bits per heavy atom. The minimum Gasteiger partial charge on any atom is -0.373 e. The van der Waals surface area contributed by atoms with E-state index in [1.54, 1.807) is 0 Å². The molecule has 0 saturated carbocycles. The van der Waals surface area contributed by atoms with Crippen LogP contribution in [-0.2, 0) is 0 Å². The van der Waals surface area contributed by atoms with Gasteiger partial charge in [-0.2, -0.15) is 0 Å². The highest BCUT2D eigenvalue weighted by molar-refractivity contribution is 5.79. The Morgan fingerprint density at radius 1 is 1.67 bits per heavy atom. The fourth-order valence-electron chi connectivity index (χ4n) is 1.23. The number of nitrogens with zero attached hydrogens (tertiary/aromatic N) is 1. The average Bonchev–Trinajstić information content (AvgIpc) is 2.15. The van der Waals surface area contributed by atoms with Gasteiger partial charge in [0.15, 0.2) is 0 Å². The summed E-state index contributed by atoms with van der Waals surface area (Å²) < 4.78 is 0. The Labute approximate surface area is 74.1 Å². The van der Waals surface area contributed by atoms with Gasteiger partial charge in [0.05, 0.1) is 0 Å². The largest absolute Gasteiger partial charge is 0.373 e. The zero-order valence-electron chi connectivity index (χ0n) is 7.59. The van der Waals surface area contributed by atoms with E-state index in [-0.39, 0.29) is 0 Å². The van der Waals surface area contributed by atoms with E-state index in [0.717, 1.165) is 18.7 Å². The normalized spacial score (nSPS) is 16.1. The van der Waals surface area contributed by atoms with Crippen molar-refractivity contribution in [3.8, 4) is 0 Å². The van der Waals surface area contributed by atoms with Gasteiger partial charge in [0.25, 0.3) is 0 Å². The Morgan fingerprint density at radius 2 is 2.50 bits per heavy atom. The van der Waals surface area contributed by atoms with Gasteiger partial charge < -0.3 is 10.3 Å². The first-order valence-electron chi connectivity index (χ1n) is 4.49. The van der Waals surface area contributed by atoms with Crippen molar-refractivity contribution < 1.29 is 0 Å². The van der Waals surface area contributed by atoms with E-state index >= 15 is 0 Å². The Kier molecular flexibility index (Phi) is 3.58. The second kappa shape index (κ2) is 4.75. The van der Waals surface area contributed by atoms with Crippen LogP contribution in [0.3, 0.4) is 0 Å². The summed E-state index contributed by atoms with van der Waals surface area (Å²) >= 11 is 0. The van der Waals surface area contributed by atoms with Gasteiger partial charge in [-0.15, -0.1) is 0 Å². The number of rotatable bonds is 4. The van der Waals surface area contributed by atoms with Crippen molar-refractivity contribution in [2.45, 2.75) is 19.8 Å². The van der Waals surface area contributed by atoms with Crippen LogP contribution >= 0.6 is 0 Å². The maximum atomic E-state index is 7.09. The molecule has 2 nitrogen and oxygen atoms in total. The summed E-state index contributed by atoms with van der Waals surface area (Å²) in [6, 6.07) is 0. The summed E-state index contributed by atoms with van der Waals surface area (Å²) in [5, 5.41) is 7.09. The van der Waals surface area contributed by atoms with Gasteiger partial charge in [-0.05, 0) is 6.42 Å². The van der Waals surface area contributed by atoms with Crippen LogP contribution in [0.5, 0.6) is 0 Å². The van der Waals surface area contributed by atoms with Crippen molar-refractivity contribution in [2.24, 2.45) is 0 Å². The lowest BCUT2D eigenvalue weighted by molar-refractivity contribution is 0.399. The predicted octanol–water partition coefficient (Wildman–Crippen LogP) is 2.19. The van der Waals surface area contributed by atoms with E-state index in [1.807, 2.05) is 6.08 Å². The van der Waals surface area contributed by atoms with Crippen LogP contribution in [0.4, 0.5) is 0 Å². The summed E-state index contributed by atoms with van der Waals surface area (Å²) in [5.41, 5.74) is 0.998. The Balaban J connectivity index is 2.42. The molecule has 0 atom stereocenters. The molecule has 1 aliphatic heterocycles. The van der Waals surface area contributed by atoms with Gasteiger partial charge in [-0.1, -0.05) is 25.5 Å². The molecule has 1 N–H and O–H groups in total. The number of hydrogen-bond acceptors (Lipinski definition) is 2. The third-order valence-electron chi connectivity index (χ3n) is 1.95. The highest BCUT2D eigenvalue weighted by Crippen LogP contribution is 2.06. The number of unbranched alkanes of at least 4 members (excludes halogenated alkanes) is 1. The van der Waals surface area contributed by atoms with Crippen LogP contribution in [0.1, 0.15) is 19.8 Å². The SMILES string of the molecule is CCCCN1C=C(C=N)C=CC1. The average molecular weight is 164 g/mol. The van der Waals surface area contributed by atoms with Gasteiger partial charge in [0.1, 0.15) is 0 Å². The van der Waals surface area contributed by atoms with Crippen molar-refractivity contribution in [2.75, 3.05) is 13.1 Å². The molecule has 1 aliphatic rings. The second-order valence-electron chi connectivity index (χ2n) is 3.02. The Hall–Kier alpha value is -1.05. The van der Waals surface area contributed by atoms with Gasteiger partial charge in [0, 0.05) is 31.1 Å². The smallest absolute Gasteiger partial charge is 0.0357 e. The van der Waals surface area contributed by atoms with E-state index < -0.39 is 0 Å². The first kappa shape index (κ1) is 9.04. The summed E-state index contributed by atoms with van der Waals surface area (Å²) in [5.74, 6) is 0. The van der Waals surface area contributed by atoms with E-state index in [9.17, 15) is 0 Å². The molecule has 0 aromatic rings. The molecule has 0 amide bonds. The lowest BCUT2D eigenvalue weighted by atomic mass is 10.2. The summed E-state index contributed by atoms with van der Waals surface area (Å²) in [4.78, 5) is 2.25. The van der Waals surface area contributed by atoms with Crippen LogP contribution in [0.15, 0.2) is 23.9 Å². The third kappa shape index (κ3) is 2.53. The van der Waals surface area contributed by atoms with Crippen molar-refractivity contribution in [3.05, 3.63) is 23.9 Å². The third-order valence-corrected chi connectivity index (χ3v) is 1.95. The zero-order chi connectivity index (χ0) is 8.81. The highest BCUT2D eigenvalue weighted by atomic mass is 15.1. The molecule has 0 unspecified atom stereocenters. The van der Waals surface area contributed by atoms with Crippen LogP contribution in [0.25, 0.3) is 0 Å². The maximum Gasteiger partial charge on any atom is 0.0357 e. The van der Waals surface area contributed by atoms with Crippen LogP contribution in [0.2, 0.25) is 0 Å². The lowest BCUT2D eigenvalue weighted by Gasteiger charge is -2.21. The predicted molar refractivity (Wildman–Crippen MR) is 52.5 cm³/mol. The molecule has 1 heterocycles. The number of hydrogen-bond donors (Lipinski definition) is 1. The molecule has 0 bridgehead atoms. The molecule has 0 aromatic heterocycles. The molecular formula is C10H16N2. The van der Waals surface area contributed by atoms with Crippen LogP contribution in [-0.4, -0.2) is 24.2 Å². The highest BCUT2D eigenvalue weighted by Gasteiger charge is 2.01. The molecule has 12 heavy (non-hydrogen) atoms. The lowest BCUT2D eigenvalue weighted by Crippen LogP contribution is -2.21. The van der Waals surface area contributed by atoms with E-state index in [0.29, 0.717) is 0 Å². The van der Waals surface area contributed by atoms with Gasteiger partial charge in [0.2, 0.25) is 0 Å². The standard InChI is InChI=1S/C10H16N2/c1-2-3-6-12-7-4-5-10(8-11)9-12/h4-5,8-9,11H,2-3,6-7H2,1H3. The maximum absolute atomic E-state index is 7.09. The van der Waals surface area contributed by atoms with Gasteiger partial charge in [-0.3, -0.25) is 0 Å². The van der Waals surface area contributed by atoms with Crippen molar-refractivity contribution in [1.29, 1.82) is 5.41 Å². The van der Waals surface area contributed by atoms with Crippen molar-refractivity contribution in [3.63, 3.8) is 0 Å². The first-order chi connectivity index (χ1) is 5.86. The molecule has 1 rings (SSSR count). The fraction of sp³-hybridized carbons (Fsp3) is 0.500. The number of nitrogens with one attached hydrogen (secondary N) is 1. The minimum atomic E-state index is 0.997. The molecule has 2 heteroatoms. The summed E-state index contributed by atoms with van der Waals surface area (Å²) in [7, 11) is 0. The monoisotopic (exact) mass is 164 g/mol. The van der Waals surface area contributed by atoms with E-state index in [1.165, 1.54) is 19.1 Å². The van der Waals surface area contributed by atoms with E-state index in [2.05, 4.69) is 24.1 Å². The quantitative estimate of drug-likeness (QED) is 0.633. The molecule has 0 fully saturated rings. The van der Waals surface area contributed by atoms with Gasteiger partial charge in [-0.25, -0.2) is 0 Å². The Bertz CT molecular complexity index is 204. The molecule has 0 aromatic carbocycles. The van der Waals surface area contributed by atoms with Gasteiger partial charge >= 0.3 is 0 Å².